The quantitative estimate of drug-likeness (QED) is 0.923. The molecule has 2 heterocycles. The van der Waals surface area contributed by atoms with Crippen molar-refractivity contribution in [2.24, 2.45) is 0 Å². The molecule has 0 atom stereocenters. The Kier molecular flexibility index (Phi) is 3.53. The zero-order chi connectivity index (χ0) is 14.1. The van der Waals surface area contributed by atoms with Crippen LogP contribution in [0.5, 0.6) is 0 Å². The summed E-state index contributed by atoms with van der Waals surface area (Å²) >= 11 is 1.51. The molecule has 0 radical (unpaired) electrons. The number of benzene rings is 1. The number of nitrogens with two attached hydrogens (primary N) is 1. The van der Waals surface area contributed by atoms with E-state index < -0.39 is 0 Å². The summed E-state index contributed by atoms with van der Waals surface area (Å²) in [6.45, 7) is 8.33. The van der Waals surface area contributed by atoms with E-state index in [4.69, 9.17) is 5.73 Å². The largest absolute Gasteiger partial charge is 0.383 e. The van der Waals surface area contributed by atoms with Crippen LogP contribution in [0.4, 0.5) is 16.5 Å². The minimum Gasteiger partial charge on any atom is -0.383 e. The molecule has 2 aromatic rings. The highest BCUT2D eigenvalue weighted by molar-refractivity contribution is 7.10. The van der Waals surface area contributed by atoms with E-state index in [1.807, 2.05) is 0 Å². The Balaban J connectivity index is 1.69. The lowest BCUT2D eigenvalue weighted by atomic mass is 10.2. The van der Waals surface area contributed by atoms with Crippen LogP contribution in [-0.4, -0.2) is 30.6 Å². The number of rotatable bonds is 2. The normalized spacial score (nSPS) is 15.7. The summed E-state index contributed by atoms with van der Waals surface area (Å²) in [5, 5.41) is 1.23. The average Bonchev–Trinajstić information content (AvgIpc) is 2.79. The van der Waals surface area contributed by atoms with Crippen LogP contribution >= 0.6 is 11.5 Å². The van der Waals surface area contributed by atoms with Crippen LogP contribution in [0, 0.1) is 13.8 Å². The maximum Gasteiger partial charge on any atom is 0.142 e. The maximum atomic E-state index is 5.84. The predicted molar refractivity (Wildman–Crippen MR) is 86.9 cm³/mol. The summed E-state index contributed by atoms with van der Waals surface area (Å²) in [6, 6.07) is 8.72. The molecule has 1 aromatic carbocycles. The number of aryl methyl sites for hydroxylation is 1. The number of hydrogen-bond acceptors (Lipinski definition) is 5. The van der Waals surface area contributed by atoms with Crippen LogP contribution in [0.3, 0.4) is 0 Å². The molecule has 1 saturated heterocycles. The topological polar surface area (TPSA) is 45.4 Å². The fourth-order valence-electron chi connectivity index (χ4n) is 2.63. The van der Waals surface area contributed by atoms with Gasteiger partial charge in [-0.25, -0.2) is 0 Å². The smallest absolute Gasteiger partial charge is 0.142 e. The first kappa shape index (κ1) is 13.2. The van der Waals surface area contributed by atoms with E-state index in [2.05, 4.69) is 52.3 Å². The van der Waals surface area contributed by atoms with Crippen LogP contribution in [0.2, 0.25) is 0 Å². The molecule has 0 aliphatic carbocycles. The lowest BCUT2D eigenvalue weighted by molar-refractivity contribution is 0.656. The van der Waals surface area contributed by atoms with Crippen LogP contribution < -0.4 is 15.5 Å². The van der Waals surface area contributed by atoms with E-state index in [9.17, 15) is 0 Å². The Morgan fingerprint density at radius 3 is 2.40 bits per heavy atom. The van der Waals surface area contributed by atoms with Gasteiger partial charge in [0, 0.05) is 37.4 Å². The summed E-state index contributed by atoms with van der Waals surface area (Å²) in [4.78, 5) is 4.85. The molecule has 0 bridgehead atoms. The molecule has 0 spiro atoms. The Morgan fingerprint density at radius 2 is 1.80 bits per heavy atom. The van der Waals surface area contributed by atoms with Gasteiger partial charge < -0.3 is 15.5 Å². The van der Waals surface area contributed by atoms with Crippen molar-refractivity contribution in [2.45, 2.75) is 13.8 Å². The van der Waals surface area contributed by atoms with Gasteiger partial charge in [0.2, 0.25) is 0 Å². The lowest BCUT2D eigenvalue weighted by Gasteiger charge is -2.36. The summed E-state index contributed by atoms with van der Waals surface area (Å²) in [5.74, 6) is 0.672. The zero-order valence-electron chi connectivity index (χ0n) is 12.0. The first-order valence-corrected chi connectivity index (χ1v) is 7.71. The highest BCUT2D eigenvalue weighted by Gasteiger charge is 2.21. The molecule has 5 heteroatoms. The second-order valence-corrected chi connectivity index (χ2v) is 6.06. The van der Waals surface area contributed by atoms with E-state index >= 15 is 0 Å². The molecule has 0 unspecified atom stereocenters. The molecule has 3 rings (SSSR count). The van der Waals surface area contributed by atoms with Gasteiger partial charge in [-0.3, -0.25) is 0 Å². The molecule has 0 saturated carbocycles. The van der Waals surface area contributed by atoms with Crippen molar-refractivity contribution in [3.8, 4) is 0 Å². The molecule has 1 aromatic heterocycles. The molecule has 4 nitrogen and oxygen atoms in total. The lowest BCUT2D eigenvalue weighted by Crippen LogP contribution is -2.46. The standard InChI is InChI=1S/C15H20N4S/c1-11-4-3-5-13(10-11)18-6-8-19(9-7-18)15-12(2)14(16)17-20-15/h3-5,10H,6-9H2,1-2H3,(H2,16,17). The first-order valence-electron chi connectivity index (χ1n) is 6.93. The second kappa shape index (κ2) is 5.32. The number of aromatic nitrogens is 1. The zero-order valence-corrected chi connectivity index (χ0v) is 12.8. The fraction of sp³-hybridized carbons (Fsp3) is 0.400. The molecular formula is C15H20N4S. The van der Waals surface area contributed by atoms with Crippen molar-refractivity contribution < 1.29 is 0 Å². The van der Waals surface area contributed by atoms with Crippen molar-refractivity contribution in [3.63, 3.8) is 0 Å². The molecular weight excluding hydrogens is 268 g/mol. The minimum absolute atomic E-state index is 0.672. The van der Waals surface area contributed by atoms with Crippen molar-refractivity contribution in [1.82, 2.24) is 4.37 Å². The van der Waals surface area contributed by atoms with E-state index in [0.29, 0.717) is 5.82 Å². The van der Waals surface area contributed by atoms with Gasteiger partial charge in [-0.1, -0.05) is 12.1 Å². The van der Waals surface area contributed by atoms with Crippen molar-refractivity contribution >= 4 is 28.0 Å². The molecule has 1 fully saturated rings. The molecule has 0 amide bonds. The van der Waals surface area contributed by atoms with Crippen LogP contribution in [0.25, 0.3) is 0 Å². The van der Waals surface area contributed by atoms with Gasteiger partial charge in [0.25, 0.3) is 0 Å². The average molecular weight is 288 g/mol. The minimum atomic E-state index is 0.672. The Morgan fingerprint density at radius 1 is 1.10 bits per heavy atom. The highest BCUT2D eigenvalue weighted by atomic mass is 32.1. The fourth-order valence-corrected chi connectivity index (χ4v) is 3.49. The second-order valence-electron chi connectivity index (χ2n) is 5.31. The maximum absolute atomic E-state index is 5.84. The van der Waals surface area contributed by atoms with Crippen molar-refractivity contribution in [2.75, 3.05) is 41.7 Å². The third kappa shape index (κ3) is 2.45. The number of nitrogens with zero attached hydrogens (tertiary/aromatic N) is 3. The van der Waals surface area contributed by atoms with Crippen molar-refractivity contribution in [3.05, 3.63) is 35.4 Å². The van der Waals surface area contributed by atoms with Crippen molar-refractivity contribution in [1.29, 1.82) is 0 Å². The third-order valence-electron chi connectivity index (χ3n) is 3.87. The predicted octanol–water partition coefficient (Wildman–Crippen LogP) is 2.67. The van der Waals surface area contributed by atoms with E-state index in [1.54, 1.807) is 0 Å². The molecule has 1 aliphatic rings. The van der Waals surface area contributed by atoms with E-state index in [1.165, 1.54) is 27.8 Å². The summed E-state index contributed by atoms with van der Waals surface area (Å²) in [5.41, 5.74) is 9.61. The summed E-state index contributed by atoms with van der Waals surface area (Å²) in [7, 11) is 0. The van der Waals surface area contributed by atoms with Gasteiger partial charge >= 0.3 is 0 Å². The Labute approximate surface area is 124 Å². The number of piperazine rings is 1. The van der Waals surface area contributed by atoms with Gasteiger partial charge in [0.1, 0.15) is 10.8 Å². The molecule has 1 aliphatic heterocycles. The van der Waals surface area contributed by atoms with Crippen LogP contribution in [0.1, 0.15) is 11.1 Å². The monoisotopic (exact) mass is 288 g/mol. The Hall–Kier alpha value is -1.75. The molecule has 2 N–H and O–H groups in total. The molecule has 106 valence electrons. The van der Waals surface area contributed by atoms with Gasteiger partial charge in [-0.2, -0.15) is 4.37 Å². The summed E-state index contributed by atoms with van der Waals surface area (Å²) in [6.07, 6.45) is 0. The van der Waals surface area contributed by atoms with Gasteiger partial charge in [-0.05, 0) is 43.1 Å². The first-order chi connectivity index (χ1) is 9.65. The Bertz CT molecular complexity index is 600. The number of nitrogen functional groups attached to an aromatic ring is 1. The van der Waals surface area contributed by atoms with Gasteiger partial charge in [0.05, 0.1) is 0 Å². The number of hydrogen-bond donors (Lipinski definition) is 1. The summed E-state index contributed by atoms with van der Waals surface area (Å²) < 4.78 is 4.24. The molecule has 20 heavy (non-hydrogen) atoms. The highest BCUT2D eigenvalue weighted by Crippen LogP contribution is 2.30. The van der Waals surface area contributed by atoms with Gasteiger partial charge in [-0.15, -0.1) is 0 Å². The van der Waals surface area contributed by atoms with Crippen LogP contribution in [-0.2, 0) is 0 Å². The number of anilines is 3. The van der Waals surface area contributed by atoms with E-state index in [0.717, 1.165) is 31.7 Å². The third-order valence-corrected chi connectivity index (χ3v) is 4.89. The SMILES string of the molecule is Cc1cccc(N2CCN(c3snc(N)c3C)CC2)c1. The van der Waals surface area contributed by atoms with Crippen LogP contribution in [0.15, 0.2) is 24.3 Å². The van der Waals surface area contributed by atoms with E-state index in [-0.39, 0.29) is 0 Å². The van der Waals surface area contributed by atoms with Gasteiger partial charge in [0.15, 0.2) is 0 Å².